The van der Waals surface area contributed by atoms with E-state index in [-0.39, 0.29) is 10.7 Å². The molecule has 0 atom stereocenters. The molecule has 1 aliphatic heterocycles. The van der Waals surface area contributed by atoms with E-state index in [0.717, 1.165) is 9.13 Å². The Morgan fingerprint density at radius 3 is 2.59 bits per heavy atom. The van der Waals surface area contributed by atoms with E-state index in [1.807, 2.05) is 24.3 Å². The quantitative estimate of drug-likeness (QED) is 0.270. The zero-order chi connectivity index (χ0) is 21.1. The van der Waals surface area contributed by atoms with Gasteiger partial charge in [0.15, 0.2) is 16.6 Å². The Labute approximate surface area is 191 Å². The van der Waals surface area contributed by atoms with Crippen LogP contribution in [-0.4, -0.2) is 36.0 Å². The van der Waals surface area contributed by atoms with Gasteiger partial charge in [0.25, 0.3) is 11.8 Å². The van der Waals surface area contributed by atoms with E-state index in [2.05, 4.69) is 27.9 Å². The number of amides is 2. The fraction of sp³-hybridized carbons (Fsp3) is 0.150. The number of methoxy groups -OCH3 is 1. The molecule has 150 valence electrons. The molecule has 0 spiro atoms. The molecule has 0 radical (unpaired) electrons. The molecule has 29 heavy (non-hydrogen) atoms. The van der Waals surface area contributed by atoms with Crippen molar-refractivity contribution in [3.05, 3.63) is 61.7 Å². The van der Waals surface area contributed by atoms with Gasteiger partial charge in [-0.25, -0.2) is 0 Å². The monoisotopic (exact) mass is 542 g/mol. The minimum Gasteiger partial charge on any atom is -0.493 e. The molecule has 6 nitrogen and oxygen atoms in total. The lowest BCUT2D eigenvalue weighted by Crippen LogP contribution is -2.52. The molecule has 2 aromatic rings. The minimum absolute atomic E-state index is 0.0493. The number of halogens is 2. The zero-order valence-electron chi connectivity index (χ0n) is 15.5. The van der Waals surface area contributed by atoms with Crippen molar-refractivity contribution in [2.75, 3.05) is 14.2 Å². The fourth-order valence-electron chi connectivity index (χ4n) is 2.61. The van der Waals surface area contributed by atoms with Crippen molar-refractivity contribution >= 4 is 69.4 Å². The molecule has 1 aliphatic rings. The summed E-state index contributed by atoms with van der Waals surface area (Å²) >= 11 is 13.6. The maximum atomic E-state index is 12.4. The molecule has 2 aromatic carbocycles. The fourth-order valence-corrected chi connectivity index (χ4v) is 3.42. The molecule has 1 N–H and O–H groups in total. The Balaban J connectivity index is 1.88. The first-order valence-electron chi connectivity index (χ1n) is 8.40. The maximum absolute atomic E-state index is 12.4. The molecule has 9 heteroatoms. The Morgan fingerprint density at radius 2 is 1.93 bits per heavy atom. The summed E-state index contributed by atoms with van der Waals surface area (Å²) in [7, 11) is 2.98. The van der Waals surface area contributed by atoms with Crippen LogP contribution in [0.3, 0.4) is 0 Å². The summed E-state index contributed by atoms with van der Waals surface area (Å²) in [5.41, 5.74) is 1.46. The van der Waals surface area contributed by atoms with Crippen molar-refractivity contribution in [1.82, 2.24) is 10.2 Å². The Hall–Kier alpha value is -2.17. The molecular formula is C20H16ClIN2O4S. The van der Waals surface area contributed by atoms with Gasteiger partial charge in [0, 0.05) is 10.6 Å². The second-order valence-electron chi connectivity index (χ2n) is 6.13. The number of rotatable bonds is 5. The van der Waals surface area contributed by atoms with Gasteiger partial charge >= 0.3 is 0 Å². The van der Waals surface area contributed by atoms with Gasteiger partial charge in [0.05, 0.1) is 12.1 Å². The molecule has 2 amide bonds. The van der Waals surface area contributed by atoms with E-state index >= 15 is 0 Å². The molecule has 0 aliphatic carbocycles. The second-order valence-corrected chi connectivity index (χ2v) is 8.17. The number of carbonyl (C=O) groups excluding carboxylic acids is 2. The van der Waals surface area contributed by atoms with E-state index in [1.54, 1.807) is 12.1 Å². The Bertz CT molecular complexity index is 1020. The highest BCUT2D eigenvalue weighted by atomic mass is 127. The third-order valence-corrected chi connectivity index (χ3v) is 5.54. The lowest BCUT2D eigenvalue weighted by Gasteiger charge is -2.25. The molecule has 3 rings (SSSR count). The summed E-state index contributed by atoms with van der Waals surface area (Å²) in [5.74, 6) is -0.282. The first kappa shape index (κ1) is 21.5. The number of hydrogen-bond donors (Lipinski definition) is 1. The molecule has 0 saturated carbocycles. The number of benzene rings is 2. The van der Waals surface area contributed by atoms with Crippen molar-refractivity contribution in [2.24, 2.45) is 0 Å². The largest absolute Gasteiger partial charge is 0.493 e. The highest BCUT2D eigenvalue weighted by Gasteiger charge is 2.30. The number of nitrogens with zero attached hydrogens (tertiary/aromatic N) is 1. The highest BCUT2D eigenvalue weighted by Crippen LogP contribution is 2.37. The van der Waals surface area contributed by atoms with Gasteiger partial charge in [-0.2, -0.15) is 0 Å². The minimum atomic E-state index is -0.563. The van der Waals surface area contributed by atoms with Crippen LogP contribution in [0.4, 0.5) is 0 Å². The van der Waals surface area contributed by atoms with Crippen molar-refractivity contribution in [3.63, 3.8) is 0 Å². The van der Waals surface area contributed by atoms with Crippen LogP contribution < -0.4 is 14.8 Å². The smallest absolute Gasteiger partial charge is 0.265 e. The number of carbonyl (C=O) groups is 2. The van der Waals surface area contributed by atoms with Crippen LogP contribution >= 0.6 is 46.4 Å². The zero-order valence-corrected chi connectivity index (χ0v) is 19.2. The summed E-state index contributed by atoms with van der Waals surface area (Å²) in [5, 5.41) is 2.83. The van der Waals surface area contributed by atoms with E-state index < -0.39 is 11.8 Å². The number of likely N-dealkylation sites (N-methyl/N-ethyl adjacent to an activating group) is 1. The van der Waals surface area contributed by atoms with Crippen LogP contribution in [0, 0.1) is 3.57 Å². The predicted octanol–water partition coefficient (Wildman–Crippen LogP) is 3.79. The molecule has 0 aromatic heterocycles. The summed E-state index contributed by atoms with van der Waals surface area (Å²) in [6, 6.07) is 11.2. The van der Waals surface area contributed by atoms with Gasteiger partial charge in [-0.15, -0.1) is 0 Å². The van der Waals surface area contributed by atoms with E-state index in [9.17, 15) is 9.59 Å². The van der Waals surface area contributed by atoms with Crippen LogP contribution in [0.1, 0.15) is 11.1 Å². The van der Waals surface area contributed by atoms with Crippen molar-refractivity contribution < 1.29 is 19.1 Å². The summed E-state index contributed by atoms with van der Waals surface area (Å²) < 4.78 is 12.4. The second kappa shape index (κ2) is 9.10. The number of thiocarbonyl (C=S) groups is 1. The number of nitrogens with one attached hydrogen (secondary N) is 1. The van der Waals surface area contributed by atoms with Crippen molar-refractivity contribution in [2.45, 2.75) is 6.61 Å². The van der Waals surface area contributed by atoms with Gasteiger partial charge in [-0.1, -0.05) is 23.7 Å². The average Bonchev–Trinajstić information content (AvgIpc) is 2.69. The third-order valence-electron chi connectivity index (χ3n) is 4.16. The molecule has 1 heterocycles. The predicted molar refractivity (Wildman–Crippen MR) is 123 cm³/mol. The molecule has 1 fully saturated rings. The van der Waals surface area contributed by atoms with Gasteiger partial charge in [0.1, 0.15) is 12.2 Å². The topological polar surface area (TPSA) is 67.9 Å². The van der Waals surface area contributed by atoms with Crippen LogP contribution in [0.5, 0.6) is 11.5 Å². The molecule has 0 bridgehead atoms. The van der Waals surface area contributed by atoms with Crippen LogP contribution in [0.15, 0.2) is 42.0 Å². The first-order valence-corrected chi connectivity index (χ1v) is 10.3. The van der Waals surface area contributed by atoms with Gasteiger partial charge in [0.2, 0.25) is 0 Å². The van der Waals surface area contributed by atoms with Gasteiger partial charge in [-0.05, 0) is 76.3 Å². The normalized spacial score (nSPS) is 15.5. The summed E-state index contributed by atoms with van der Waals surface area (Å²) in [6.07, 6.45) is 1.44. The van der Waals surface area contributed by atoms with Crippen molar-refractivity contribution in [1.29, 1.82) is 0 Å². The van der Waals surface area contributed by atoms with Gasteiger partial charge in [-0.3, -0.25) is 19.8 Å². The SMILES string of the molecule is COc1cc(/C=C2\C(=O)NC(=S)N(C)C2=O)cc(Cl)c1OCc1ccc(I)cc1. The third kappa shape index (κ3) is 4.88. The highest BCUT2D eigenvalue weighted by molar-refractivity contribution is 14.1. The van der Waals surface area contributed by atoms with Crippen molar-refractivity contribution in [3.8, 4) is 11.5 Å². The Kier molecular flexibility index (Phi) is 6.76. The lowest BCUT2D eigenvalue weighted by atomic mass is 10.1. The van der Waals surface area contributed by atoms with Crippen LogP contribution in [0.2, 0.25) is 5.02 Å². The number of hydrogen-bond acceptors (Lipinski definition) is 5. The van der Waals surface area contributed by atoms with Gasteiger partial charge < -0.3 is 9.47 Å². The van der Waals surface area contributed by atoms with E-state index in [4.69, 9.17) is 33.3 Å². The summed E-state index contributed by atoms with van der Waals surface area (Å²) in [6.45, 7) is 0.316. The first-order chi connectivity index (χ1) is 13.8. The Morgan fingerprint density at radius 1 is 1.24 bits per heavy atom. The maximum Gasteiger partial charge on any atom is 0.265 e. The summed E-state index contributed by atoms with van der Waals surface area (Å²) in [4.78, 5) is 25.7. The molecule has 1 saturated heterocycles. The molecular weight excluding hydrogens is 527 g/mol. The average molecular weight is 543 g/mol. The van der Waals surface area contributed by atoms with Crippen LogP contribution in [0.25, 0.3) is 6.08 Å². The standard InChI is InChI=1S/C20H16ClIN2O4S/c1-24-19(26)14(18(25)23-20(24)29)7-12-8-15(21)17(16(9-12)27-2)28-10-11-3-5-13(22)6-4-11/h3-9H,10H2,1-2H3,(H,23,25,29)/b14-7+. The van der Waals surface area contributed by atoms with E-state index in [0.29, 0.717) is 28.7 Å². The lowest BCUT2D eigenvalue weighted by molar-refractivity contribution is -0.128. The molecule has 0 unspecified atom stereocenters. The van der Waals surface area contributed by atoms with Crippen LogP contribution in [-0.2, 0) is 16.2 Å². The van der Waals surface area contributed by atoms with E-state index in [1.165, 1.54) is 25.1 Å². The number of ether oxygens (including phenoxy) is 2.